The van der Waals surface area contributed by atoms with Crippen LogP contribution in [0.3, 0.4) is 0 Å². The monoisotopic (exact) mass is 323 g/mol. The molecule has 0 aliphatic heterocycles. The molecule has 8 heteroatoms. The summed E-state index contributed by atoms with van der Waals surface area (Å²) in [6, 6.07) is 7.19. The molecule has 0 saturated heterocycles. The number of nitrogens with zero attached hydrogens (tertiary/aromatic N) is 3. The van der Waals surface area contributed by atoms with Crippen LogP contribution in [0.1, 0.15) is 5.56 Å². The molecule has 0 aliphatic carbocycles. The van der Waals surface area contributed by atoms with Crippen molar-refractivity contribution in [1.82, 2.24) is 9.55 Å². The van der Waals surface area contributed by atoms with Gasteiger partial charge in [0.2, 0.25) is 0 Å². The van der Waals surface area contributed by atoms with Crippen molar-refractivity contribution in [2.75, 3.05) is 17.8 Å². The molecule has 0 saturated carbocycles. The van der Waals surface area contributed by atoms with E-state index in [0.29, 0.717) is 28.5 Å². The SMILES string of the molecule is CS(=O)CCn1c(SCC(=O)O)nc2ccc(C#N)cc21. The van der Waals surface area contributed by atoms with E-state index in [4.69, 9.17) is 10.4 Å². The Balaban J connectivity index is 2.44. The topological polar surface area (TPSA) is 96.0 Å². The van der Waals surface area contributed by atoms with E-state index >= 15 is 0 Å². The van der Waals surface area contributed by atoms with Crippen LogP contribution in [0.2, 0.25) is 0 Å². The highest BCUT2D eigenvalue weighted by Gasteiger charge is 2.13. The summed E-state index contributed by atoms with van der Waals surface area (Å²) in [5.74, 6) is -0.567. The number of rotatable bonds is 6. The lowest BCUT2D eigenvalue weighted by atomic mass is 10.2. The minimum absolute atomic E-state index is 0.0936. The number of aliphatic carboxylic acids is 1. The van der Waals surface area contributed by atoms with Crippen molar-refractivity contribution in [3.63, 3.8) is 0 Å². The molecule has 0 spiro atoms. The minimum Gasteiger partial charge on any atom is -0.481 e. The lowest BCUT2D eigenvalue weighted by molar-refractivity contribution is -0.133. The molecule has 2 aromatic rings. The number of imidazole rings is 1. The van der Waals surface area contributed by atoms with Crippen molar-refractivity contribution in [3.8, 4) is 6.07 Å². The maximum atomic E-state index is 11.3. The second kappa shape index (κ2) is 6.74. The molecule has 1 N–H and O–H groups in total. The number of fused-ring (bicyclic) bond motifs is 1. The quantitative estimate of drug-likeness (QED) is 0.809. The molecule has 110 valence electrons. The van der Waals surface area contributed by atoms with Gasteiger partial charge in [0, 0.05) is 29.4 Å². The van der Waals surface area contributed by atoms with Crippen LogP contribution >= 0.6 is 11.8 Å². The first-order valence-corrected chi connectivity index (χ1v) is 8.77. The highest BCUT2D eigenvalue weighted by atomic mass is 32.2. The third-order valence-electron chi connectivity index (χ3n) is 2.77. The predicted molar refractivity (Wildman–Crippen MR) is 81.7 cm³/mol. The summed E-state index contributed by atoms with van der Waals surface area (Å²) in [5.41, 5.74) is 1.97. The first kappa shape index (κ1) is 15.5. The highest BCUT2D eigenvalue weighted by molar-refractivity contribution is 7.99. The number of benzene rings is 1. The van der Waals surface area contributed by atoms with E-state index < -0.39 is 16.8 Å². The van der Waals surface area contributed by atoms with Gasteiger partial charge in [0.15, 0.2) is 5.16 Å². The van der Waals surface area contributed by atoms with Crippen LogP contribution in [0.15, 0.2) is 23.4 Å². The van der Waals surface area contributed by atoms with E-state index in [1.807, 2.05) is 4.57 Å². The minimum atomic E-state index is -0.960. The van der Waals surface area contributed by atoms with Gasteiger partial charge in [0.25, 0.3) is 0 Å². The zero-order chi connectivity index (χ0) is 15.4. The van der Waals surface area contributed by atoms with Gasteiger partial charge in [0.1, 0.15) is 0 Å². The fourth-order valence-electron chi connectivity index (χ4n) is 1.84. The molecular formula is C13H13N3O3S2. The summed E-state index contributed by atoms with van der Waals surface area (Å²) < 4.78 is 13.1. The molecular weight excluding hydrogens is 310 g/mol. The molecule has 1 unspecified atom stereocenters. The maximum absolute atomic E-state index is 11.3. The van der Waals surface area contributed by atoms with Crippen LogP contribution in [0.25, 0.3) is 11.0 Å². The lowest BCUT2D eigenvalue weighted by Crippen LogP contribution is -2.08. The Hall–Kier alpha value is -1.85. The fraction of sp³-hybridized carbons (Fsp3) is 0.308. The van der Waals surface area contributed by atoms with Crippen LogP contribution in [0.4, 0.5) is 0 Å². The predicted octanol–water partition coefficient (Wildman–Crippen LogP) is 1.46. The standard InChI is InChI=1S/C13H13N3O3S2/c1-21(19)5-4-16-11-6-9(7-14)2-3-10(11)15-13(16)20-8-12(17)18/h2-3,6H,4-5,8H2,1H3,(H,17,18). The summed E-state index contributed by atoms with van der Waals surface area (Å²) >= 11 is 1.12. The molecule has 21 heavy (non-hydrogen) atoms. The number of hydrogen-bond donors (Lipinski definition) is 1. The van der Waals surface area contributed by atoms with E-state index in [2.05, 4.69) is 11.1 Å². The van der Waals surface area contributed by atoms with Gasteiger partial charge in [0.05, 0.1) is 28.4 Å². The van der Waals surface area contributed by atoms with Crippen molar-refractivity contribution >= 4 is 39.6 Å². The first-order chi connectivity index (χ1) is 10.0. The zero-order valence-electron chi connectivity index (χ0n) is 11.3. The third kappa shape index (κ3) is 3.83. The van der Waals surface area contributed by atoms with Gasteiger partial charge in [-0.25, -0.2) is 4.98 Å². The molecule has 2 rings (SSSR count). The number of thioether (sulfide) groups is 1. The second-order valence-electron chi connectivity index (χ2n) is 4.32. The van der Waals surface area contributed by atoms with Gasteiger partial charge in [-0.3, -0.25) is 9.00 Å². The normalized spacial score (nSPS) is 12.2. The molecule has 1 atom stereocenters. The van der Waals surface area contributed by atoms with Crippen molar-refractivity contribution in [2.45, 2.75) is 11.7 Å². The molecule has 1 heterocycles. The van der Waals surface area contributed by atoms with Gasteiger partial charge in [-0.2, -0.15) is 5.26 Å². The summed E-state index contributed by atoms with van der Waals surface area (Å²) in [7, 11) is -0.960. The summed E-state index contributed by atoms with van der Waals surface area (Å²) in [4.78, 5) is 15.1. The van der Waals surface area contributed by atoms with Gasteiger partial charge < -0.3 is 9.67 Å². The molecule has 0 aliphatic rings. The Labute approximate surface area is 128 Å². The summed E-state index contributed by atoms with van der Waals surface area (Å²) in [6.45, 7) is 0.469. The van der Waals surface area contributed by atoms with E-state index in [9.17, 15) is 9.00 Å². The average molecular weight is 323 g/mol. The maximum Gasteiger partial charge on any atom is 0.313 e. The molecule has 0 radical (unpaired) electrons. The Morgan fingerprint density at radius 2 is 2.33 bits per heavy atom. The molecule has 0 amide bonds. The summed E-state index contributed by atoms with van der Waals surface area (Å²) in [6.07, 6.45) is 1.61. The Morgan fingerprint density at radius 1 is 1.57 bits per heavy atom. The van der Waals surface area contributed by atoms with Crippen LogP contribution < -0.4 is 0 Å². The van der Waals surface area contributed by atoms with Crippen molar-refractivity contribution < 1.29 is 14.1 Å². The fourth-order valence-corrected chi connectivity index (χ4v) is 3.04. The molecule has 1 aromatic carbocycles. The van der Waals surface area contributed by atoms with Crippen molar-refractivity contribution in [2.24, 2.45) is 0 Å². The number of carbonyl (C=O) groups is 1. The molecule has 1 aromatic heterocycles. The van der Waals surface area contributed by atoms with Gasteiger partial charge in [-0.15, -0.1) is 0 Å². The highest BCUT2D eigenvalue weighted by Crippen LogP contribution is 2.25. The number of carboxylic acids is 1. The molecule has 0 bridgehead atoms. The van der Waals surface area contributed by atoms with Gasteiger partial charge in [-0.1, -0.05) is 11.8 Å². The number of aryl methyl sites for hydroxylation is 1. The van der Waals surface area contributed by atoms with Gasteiger partial charge in [-0.05, 0) is 18.2 Å². The smallest absolute Gasteiger partial charge is 0.313 e. The Morgan fingerprint density at radius 3 is 2.95 bits per heavy atom. The van der Waals surface area contributed by atoms with Crippen LogP contribution in [-0.2, 0) is 22.1 Å². The summed E-state index contributed by atoms with van der Waals surface area (Å²) in [5, 5.41) is 18.3. The Bertz CT molecular complexity index is 749. The lowest BCUT2D eigenvalue weighted by Gasteiger charge is -2.07. The Kier molecular flexibility index (Phi) is 4.98. The van der Waals surface area contributed by atoms with E-state index in [1.165, 1.54) is 0 Å². The van der Waals surface area contributed by atoms with Crippen LogP contribution in [0.5, 0.6) is 0 Å². The van der Waals surface area contributed by atoms with Crippen molar-refractivity contribution in [3.05, 3.63) is 23.8 Å². The van der Waals surface area contributed by atoms with E-state index in [0.717, 1.165) is 17.3 Å². The van der Waals surface area contributed by atoms with Crippen LogP contribution in [-0.4, -0.2) is 42.6 Å². The van der Waals surface area contributed by atoms with E-state index in [-0.39, 0.29) is 5.75 Å². The molecule has 0 fully saturated rings. The first-order valence-electron chi connectivity index (χ1n) is 6.06. The van der Waals surface area contributed by atoms with Crippen LogP contribution in [0, 0.1) is 11.3 Å². The zero-order valence-corrected chi connectivity index (χ0v) is 12.9. The largest absolute Gasteiger partial charge is 0.481 e. The van der Waals surface area contributed by atoms with Crippen molar-refractivity contribution in [1.29, 1.82) is 5.26 Å². The number of aromatic nitrogens is 2. The number of carboxylic acid groups (broad SMARTS) is 1. The second-order valence-corrected chi connectivity index (χ2v) is 6.82. The third-order valence-corrected chi connectivity index (χ3v) is 4.49. The average Bonchev–Trinajstić information content (AvgIpc) is 2.79. The number of hydrogen-bond acceptors (Lipinski definition) is 5. The molecule has 6 nitrogen and oxygen atoms in total. The number of nitriles is 1. The van der Waals surface area contributed by atoms with Gasteiger partial charge >= 0.3 is 5.97 Å². The van der Waals surface area contributed by atoms with E-state index in [1.54, 1.807) is 24.5 Å².